The lowest BCUT2D eigenvalue weighted by molar-refractivity contribution is -0.139. The van der Waals surface area contributed by atoms with Crippen LogP contribution in [0, 0.1) is 11.8 Å². The highest BCUT2D eigenvalue weighted by Crippen LogP contribution is 2.23. The molecule has 0 bridgehead atoms. The molecular formula is C13H14O4. The fraction of sp³-hybridized carbons (Fsp3) is 0.308. The minimum atomic E-state index is -0.957. The van der Waals surface area contributed by atoms with Gasteiger partial charge in [-0.15, -0.1) is 0 Å². The number of esters is 1. The van der Waals surface area contributed by atoms with E-state index in [0.717, 1.165) is 0 Å². The SMILES string of the molecule is COc1ccccc1[C@H](O)C#CCOC(C)=O. The van der Waals surface area contributed by atoms with Crippen LogP contribution in [0.3, 0.4) is 0 Å². The van der Waals surface area contributed by atoms with Crippen LogP contribution in [0.25, 0.3) is 0 Å². The molecule has 0 aliphatic rings. The summed E-state index contributed by atoms with van der Waals surface area (Å²) in [6.07, 6.45) is -0.957. The van der Waals surface area contributed by atoms with E-state index in [4.69, 9.17) is 4.74 Å². The fourth-order valence-corrected chi connectivity index (χ4v) is 1.25. The first-order valence-electron chi connectivity index (χ1n) is 5.08. The lowest BCUT2D eigenvalue weighted by atomic mass is 10.1. The minimum absolute atomic E-state index is 0.0262. The summed E-state index contributed by atoms with van der Waals surface area (Å²) >= 11 is 0. The fourth-order valence-electron chi connectivity index (χ4n) is 1.25. The molecule has 0 spiro atoms. The van der Waals surface area contributed by atoms with Crippen molar-refractivity contribution in [2.24, 2.45) is 0 Å². The van der Waals surface area contributed by atoms with Gasteiger partial charge in [0.05, 0.1) is 7.11 Å². The van der Waals surface area contributed by atoms with Crippen molar-refractivity contribution in [1.82, 2.24) is 0 Å². The molecule has 1 aromatic rings. The molecule has 0 aromatic heterocycles. The maximum atomic E-state index is 10.5. The van der Waals surface area contributed by atoms with Gasteiger partial charge in [0.2, 0.25) is 0 Å². The van der Waals surface area contributed by atoms with Crippen molar-refractivity contribution in [3.63, 3.8) is 0 Å². The molecule has 0 heterocycles. The van der Waals surface area contributed by atoms with Crippen LogP contribution in [0.1, 0.15) is 18.6 Å². The van der Waals surface area contributed by atoms with Crippen LogP contribution in [-0.4, -0.2) is 24.8 Å². The number of hydrogen-bond acceptors (Lipinski definition) is 4. The molecule has 0 aliphatic carbocycles. The van der Waals surface area contributed by atoms with Crippen LogP contribution < -0.4 is 4.74 Å². The molecule has 1 rings (SSSR count). The predicted octanol–water partition coefficient (Wildman–Crippen LogP) is 1.30. The monoisotopic (exact) mass is 234 g/mol. The summed E-state index contributed by atoms with van der Waals surface area (Å²) in [7, 11) is 1.53. The highest BCUT2D eigenvalue weighted by atomic mass is 16.5. The van der Waals surface area contributed by atoms with Crippen LogP contribution in [0.4, 0.5) is 0 Å². The summed E-state index contributed by atoms with van der Waals surface area (Å²) in [6, 6.07) is 7.06. The van der Waals surface area contributed by atoms with Gasteiger partial charge >= 0.3 is 5.97 Å². The second kappa shape index (κ2) is 6.56. The molecule has 0 aliphatic heterocycles. The molecule has 1 aromatic carbocycles. The Balaban J connectivity index is 2.68. The molecule has 1 N–H and O–H groups in total. The van der Waals surface area contributed by atoms with Crippen LogP contribution in [0.2, 0.25) is 0 Å². The molecule has 4 nitrogen and oxygen atoms in total. The lowest BCUT2D eigenvalue weighted by Crippen LogP contribution is -2.00. The first-order valence-corrected chi connectivity index (χ1v) is 5.08. The summed E-state index contributed by atoms with van der Waals surface area (Å²) in [5.74, 6) is 5.32. The Bertz CT molecular complexity index is 442. The van der Waals surface area contributed by atoms with Gasteiger partial charge < -0.3 is 14.6 Å². The number of ether oxygens (including phenoxy) is 2. The maximum Gasteiger partial charge on any atom is 0.303 e. The van der Waals surface area contributed by atoms with Crippen molar-refractivity contribution in [1.29, 1.82) is 0 Å². The minimum Gasteiger partial charge on any atom is -0.496 e. The van der Waals surface area contributed by atoms with E-state index in [1.54, 1.807) is 24.3 Å². The molecular weight excluding hydrogens is 220 g/mol. The first kappa shape index (κ1) is 13.1. The van der Waals surface area contributed by atoms with Gasteiger partial charge in [0.15, 0.2) is 6.61 Å². The van der Waals surface area contributed by atoms with Gasteiger partial charge in [0.1, 0.15) is 11.9 Å². The molecule has 4 heteroatoms. The average Bonchev–Trinajstić information content (AvgIpc) is 2.34. The van der Waals surface area contributed by atoms with Crippen molar-refractivity contribution < 1.29 is 19.4 Å². The second-order valence-corrected chi connectivity index (χ2v) is 3.25. The first-order chi connectivity index (χ1) is 8.15. The van der Waals surface area contributed by atoms with Gasteiger partial charge in [-0.3, -0.25) is 4.79 Å². The number of para-hydroxylation sites is 1. The van der Waals surface area contributed by atoms with E-state index in [1.807, 2.05) is 0 Å². The number of rotatable bonds is 3. The van der Waals surface area contributed by atoms with Gasteiger partial charge in [0.25, 0.3) is 0 Å². The van der Waals surface area contributed by atoms with E-state index in [0.29, 0.717) is 11.3 Å². The zero-order valence-electron chi connectivity index (χ0n) is 9.77. The van der Waals surface area contributed by atoms with Gasteiger partial charge in [-0.25, -0.2) is 0 Å². The average molecular weight is 234 g/mol. The second-order valence-electron chi connectivity index (χ2n) is 3.25. The van der Waals surface area contributed by atoms with Crippen LogP contribution in [-0.2, 0) is 9.53 Å². The van der Waals surface area contributed by atoms with Crippen molar-refractivity contribution in [2.45, 2.75) is 13.0 Å². The third kappa shape index (κ3) is 4.17. The molecule has 0 unspecified atom stereocenters. The number of carbonyl (C=O) groups excluding carboxylic acids is 1. The number of methoxy groups -OCH3 is 1. The lowest BCUT2D eigenvalue weighted by Gasteiger charge is -2.09. The molecule has 0 saturated carbocycles. The summed E-state index contributed by atoms with van der Waals surface area (Å²) < 4.78 is 9.73. The normalized spacial score (nSPS) is 11.0. The summed E-state index contributed by atoms with van der Waals surface area (Å²) in [6.45, 7) is 1.28. The largest absolute Gasteiger partial charge is 0.496 e. The van der Waals surface area contributed by atoms with Gasteiger partial charge in [0, 0.05) is 12.5 Å². The topological polar surface area (TPSA) is 55.8 Å². The van der Waals surface area contributed by atoms with Crippen LogP contribution in [0.5, 0.6) is 5.75 Å². The molecule has 1 atom stereocenters. The Labute approximate surface area is 100 Å². The van der Waals surface area contributed by atoms with E-state index in [1.165, 1.54) is 14.0 Å². The number of hydrogen-bond donors (Lipinski definition) is 1. The van der Waals surface area contributed by atoms with Gasteiger partial charge in [-0.05, 0) is 6.07 Å². The molecule has 0 radical (unpaired) electrons. The number of benzene rings is 1. The number of carbonyl (C=O) groups is 1. The summed E-state index contributed by atoms with van der Waals surface area (Å²) in [5, 5.41) is 9.80. The van der Waals surface area contributed by atoms with Crippen molar-refractivity contribution in [2.75, 3.05) is 13.7 Å². The Hall–Kier alpha value is -1.99. The highest BCUT2D eigenvalue weighted by molar-refractivity contribution is 5.66. The molecule has 17 heavy (non-hydrogen) atoms. The maximum absolute atomic E-state index is 10.5. The van der Waals surface area contributed by atoms with E-state index < -0.39 is 12.1 Å². The Morgan fingerprint density at radius 2 is 2.18 bits per heavy atom. The quantitative estimate of drug-likeness (QED) is 0.632. The van der Waals surface area contributed by atoms with E-state index >= 15 is 0 Å². The van der Waals surface area contributed by atoms with Crippen molar-refractivity contribution in [3.8, 4) is 17.6 Å². The molecule has 90 valence electrons. The third-order valence-corrected chi connectivity index (χ3v) is 2.02. The smallest absolute Gasteiger partial charge is 0.303 e. The third-order valence-electron chi connectivity index (χ3n) is 2.02. The van der Waals surface area contributed by atoms with E-state index in [2.05, 4.69) is 16.6 Å². The highest BCUT2D eigenvalue weighted by Gasteiger charge is 2.09. The standard InChI is InChI=1S/C13H14O4/c1-10(14)17-9-5-7-12(15)11-6-3-4-8-13(11)16-2/h3-4,6,8,12,15H,9H2,1-2H3/t12-/m1/s1. The Morgan fingerprint density at radius 3 is 2.82 bits per heavy atom. The Kier molecular flexibility index (Phi) is 5.05. The zero-order chi connectivity index (χ0) is 12.7. The van der Waals surface area contributed by atoms with E-state index in [-0.39, 0.29) is 6.61 Å². The van der Waals surface area contributed by atoms with Gasteiger partial charge in [-0.2, -0.15) is 0 Å². The Morgan fingerprint density at radius 1 is 1.47 bits per heavy atom. The zero-order valence-corrected chi connectivity index (χ0v) is 9.77. The molecule has 0 saturated heterocycles. The van der Waals surface area contributed by atoms with Crippen LogP contribution in [0.15, 0.2) is 24.3 Å². The van der Waals surface area contributed by atoms with Gasteiger partial charge in [-0.1, -0.05) is 30.0 Å². The summed E-state index contributed by atoms with van der Waals surface area (Å²) in [4.78, 5) is 10.5. The number of aliphatic hydroxyl groups is 1. The van der Waals surface area contributed by atoms with Crippen LogP contribution >= 0.6 is 0 Å². The molecule has 0 fully saturated rings. The van der Waals surface area contributed by atoms with E-state index in [9.17, 15) is 9.90 Å². The molecule has 0 amide bonds. The summed E-state index contributed by atoms with van der Waals surface area (Å²) in [5.41, 5.74) is 0.588. The van der Waals surface area contributed by atoms with Crippen molar-refractivity contribution >= 4 is 5.97 Å². The predicted molar refractivity (Wildman–Crippen MR) is 62.4 cm³/mol. The van der Waals surface area contributed by atoms with Crippen molar-refractivity contribution in [3.05, 3.63) is 29.8 Å². The number of aliphatic hydroxyl groups excluding tert-OH is 1.